The van der Waals surface area contributed by atoms with Gasteiger partial charge in [0.2, 0.25) is 5.91 Å². The van der Waals surface area contributed by atoms with E-state index in [1.807, 2.05) is 6.92 Å². The largest absolute Gasteiger partial charge is 0.480 e. The molecule has 0 rings (SSSR count). The summed E-state index contributed by atoms with van der Waals surface area (Å²) in [5.41, 5.74) is 0. The van der Waals surface area contributed by atoms with E-state index in [1.54, 1.807) is 13.8 Å². The maximum atomic E-state index is 11.9. The van der Waals surface area contributed by atoms with Crippen LogP contribution in [0.4, 0.5) is 0 Å². The average molecular weight is 293 g/mol. The summed E-state index contributed by atoms with van der Waals surface area (Å²) in [5, 5.41) is 8.71. The highest BCUT2D eigenvalue weighted by Gasteiger charge is 2.24. The SMILES string of the molecule is CCCCCS(=O)(=O)CC(=O)N(CC(=O)O)C(C)C. The Bertz CT molecular complexity index is 402. The number of hydrogen-bond donors (Lipinski definition) is 1. The van der Waals surface area contributed by atoms with Crippen LogP contribution in [-0.4, -0.2) is 54.4 Å². The third kappa shape index (κ3) is 7.81. The number of unbranched alkanes of at least 4 members (excludes halogenated alkanes) is 2. The van der Waals surface area contributed by atoms with Gasteiger partial charge in [-0.25, -0.2) is 8.42 Å². The Kier molecular flexibility index (Phi) is 7.66. The Labute approximate surface area is 114 Å². The van der Waals surface area contributed by atoms with Crippen molar-refractivity contribution in [3.05, 3.63) is 0 Å². The summed E-state index contributed by atoms with van der Waals surface area (Å²) in [4.78, 5) is 23.6. The van der Waals surface area contributed by atoms with Crippen LogP contribution in [0.15, 0.2) is 0 Å². The van der Waals surface area contributed by atoms with Crippen molar-refractivity contribution in [1.29, 1.82) is 0 Å². The lowest BCUT2D eigenvalue weighted by molar-refractivity contribution is -0.144. The van der Waals surface area contributed by atoms with Gasteiger partial charge in [-0.05, 0) is 20.3 Å². The zero-order valence-corrected chi connectivity index (χ0v) is 12.6. The fraction of sp³-hybridized carbons (Fsp3) is 0.833. The molecule has 112 valence electrons. The number of carbonyl (C=O) groups is 2. The fourth-order valence-electron chi connectivity index (χ4n) is 1.62. The van der Waals surface area contributed by atoms with E-state index in [2.05, 4.69) is 0 Å². The van der Waals surface area contributed by atoms with E-state index in [9.17, 15) is 18.0 Å². The van der Waals surface area contributed by atoms with Crippen LogP contribution in [0.3, 0.4) is 0 Å². The number of hydrogen-bond acceptors (Lipinski definition) is 4. The fourth-order valence-corrected chi connectivity index (χ4v) is 2.95. The minimum absolute atomic E-state index is 0.0222. The van der Waals surface area contributed by atoms with Crippen molar-refractivity contribution in [2.75, 3.05) is 18.1 Å². The number of nitrogens with zero attached hydrogens (tertiary/aromatic N) is 1. The number of rotatable bonds is 9. The molecule has 0 bridgehead atoms. The van der Waals surface area contributed by atoms with Crippen LogP contribution in [-0.2, 0) is 19.4 Å². The molecule has 0 unspecified atom stereocenters. The molecule has 0 aromatic rings. The van der Waals surface area contributed by atoms with Gasteiger partial charge in [-0.15, -0.1) is 0 Å². The molecular weight excluding hydrogens is 270 g/mol. The number of carbonyl (C=O) groups excluding carboxylic acids is 1. The van der Waals surface area contributed by atoms with E-state index < -0.39 is 34.0 Å². The van der Waals surface area contributed by atoms with Crippen molar-refractivity contribution in [1.82, 2.24) is 4.90 Å². The molecule has 1 amide bonds. The van der Waals surface area contributed by atoms with Crippen LogP contribution in [0, 0.1) is 0 Å². The van der Waals surface area contributed by atoms with Gasteiger partial charge < -0.3 is 10.0 Å². The van der Waals surface area contributed by atoms with E-state index >= 15 is 0 Å². The highest BCUT2D eigenvalue weighted by molar-refractivity contribution is 7.92. The van der Waals surface area contributed by atoms with Crippen molar-refractivity contribution in [3.63, 3.8) is 0 Å². The summed E-state index contributed by atoms with van der Waals surface area (Å²) >= 11 is 0. The number of sulfone groups is 1. The number of carboxylic acids is 1. The summed E-state index contributed by atoms with van der Waals surface area (Å²) in [6, 6.07) is -0.338. The summed E-state index contributed by atoms with van der Waals surface area (Å²) < 4.78 is 23.5. The van der Waals surface area contributed by atoms with E-state index in [-0.39, 0.29) is 11.8 Å². The number of aliphatic carboxylic acids is 1. The molecule has 0 aliphatic heterocycles. The maximum Gasteiger partial charge on any atom is 0.323 e. The molecule has 0 aliphatic carbocycles. The second kappa shape index (κ2) is 8.14. The third-order valence-electron chi connectivity index (χ3n) is 2.65. The predicted octanol–water partition coefficient (Wildman–Crippen LogP) is 0.913. The molecule has 0 aliphatic rings. The first-order chi connectivity index (χ1) is 8.69. The van der Waals surface area contributed by atoms with Crippen molar-refractivity contribution in [3.8, 4) is 0 Å². The van der Waals surface area contributed by atoms with Crippen molar-refractivity contribution in [2.45, 2.75) is 46.1 Å². The van der Waals surface area contributed by atoms with Gasteiger partial charge >= 0.3 is 5.97 Å². The predicted molar refractivity (Wildman–Crippen MR) is 72.7 cm³/mol. The van der Waals surface area contributed by atoms with Gasteiger partial charge in [0.25, 0.3) is 0 Å². The molecule has 0 saturated carbocycles. The van der Waals surface area contributed by atoms with Gasteiger partial charge in [-0.2, -0.15) is 0 Å². The topological polar surface area (TPSA) is 91.8 Å². The Morgan fingerprint density at radius 2 is 1.79 bits per heavy atom. The van der Waals surface area contributed by atoms with E-state index in [1.165, 1.54) is 0 Å². The average Bonchev–Trinajstić information content (AvgIpc) is 2.24. The van der Waals surface area contributed by atoms with Gasteiger partial charge in [0.1, 0.15) is 12.3 Å². The van der Waals surface area contributed by atoms with E-state index in [4.69, 9.17) is 5.11 Å². The summed E-state index contributed by atoms with van der Waals surface area (Å²) in [5.74, 6) is -2.42. The summed E-state index contributed by atoms with van der Waals surface area (Å²) in [6.07, 6.45) is 2.24. The van der Waals surface area contributed by atoms with Crippen molar-refractivity contribution in [2.24, 2.45) is 0 Å². The van der Waals surface area contributed by atoms with Crippen LogP contribution in [0.25, 0.3) is 0 Å². The molecule has 0 atom stereocenters. The second-order valence-electron chi connectivity index (χ2n) is 4.81. The lowest BCUT2D eigenvalue weighted by Gasteiger charge is -2.24. The molecule has 0 aromatic heterocycles. The van der Waals surface area contributed by atoms with Crippen LogP contribution in [0.5, 0.6) is 0 Å². The lowest BCUT2D eigenvalue weighted by atomic mass is 10.3. The minimum atomic E-state index is -3.45. The molecule has 0 heterocycles. The Balaban J connectivity index is 4.58. The molecule has 1 N–H and O–H groups in total. The first-order valence-corrected chi connectivity index (χ1v) is 8.23. The maximum absolute atomic E-state index is 11.9. The quantitative estimate of drug-likeness (QED) is 0.638. The van der Waals surface area contributed by atoms with Crippen LogP contribution < -0.4 is 0 Å². The Morgan fingerprint density at radius 3 is 2.21 bits per heavy atom. The molecular formula is C12H23NO5S. The van der Waals surface area contributed by atoms with Crippen molar-refractivity contribution >= 4 is 21.7 Å². The second-order valence-corrected chi connectivity index (χ2v) is 6.99. The molecule has 19 heavy (non-hydrogen) atoms. The van der Waals surface area contributed by atoms with Crippen molar-refractivity contribution < 1.29 is 23.1 Å². The van der Waals surface area contributed by atoms with E-state index in [0.29, 0.717) is 6.42 Å². The molecule has 0 spiro atoms. The monoisotopic (exact) mass is 293 g/mol. The molecule has 0 saturated heterocycles. The molecule has 7 heteroatoms. The summed E-state index contributed by atoms with van der Waals surface area (Å²) in [6.45, 7) is 4.81. The zero-order chi connectivity index (χ0) is 15.1. The van der Waals surface area contributed by atoms with Gasteiger partial charge in [0.05, 0.1) is 5.75 Å². The Morgan fingerprint density at radius 1 is 1.21 bits per heavy atom. The van der Waals surface area contributed by atoms with Crippen LogP contribution in [0.2, 0.25) is 0 Å². The van der Waals surface area contributed by atoms with Gasteiger partial charge in [-0.1, -0.05) is 19.8 Å². The molecule has 0 aromatic carbocycles. The molecule has 0 radical (unpaired) electrons. The van der Waals surface area contributed by atoms with Gasteiger partial charge in [-0.3, -0.25) is 9.59 Å². The number of carboxylic acid groups (broad SMARTS) is 1. The van der Waals surface area contributed by atoms with E-state index in [0.717, 1.165) is 17.7 Å². The van der Waals surface area contributed by atoms with Gasteiger partial charge in [0, 0.05) is 6.04 Å². The van der Waals surface area contributed by atoms with Crippen LogP contribution in [0.1, 0.15) is 40.0 Å². The first kappa shape index (κ1) is 17.9. The molecule has 6 nitrogen and oxygen atoms in total. The summed E-state index contributed by atoms with van der Waals surface area (Å²) in [7, 11) is -3.45. The highest BCUT2D eigenvalue weighted by atomic mass is 32.2. The standard InChI is InChI=1S/C12H23NO5S/c1-4-5-6-7-19(17,18)9-11(14)13(10(2)3)8-12(15)16/h10H,4-9H2,1-3H3,(H,15,16). The highest BCUT2D eigenvalue weighted by Crippen LogP contribution is 2.05. The minimum Gasteiger partial charge on any atom is -0.480 e. The normalized spacial score (nSPS) is 11.6. The Hall–Kier alpha value is -1.11. The lowest BCUT2D eigenvalue weighted by Crippen LogP contribution is -2.43. The molecule has 0 fully saturated rings. The van der Waals surface area contributed by atoms with Crippen LogP contribution >= 0.6 is 0 Å². The third-order valence-corrected chi connectivity index (χ3v) is 4.25. The smallest absolute Gasteiger partial charge is 0.323 e. The number of amides is 1. The van der Waals surface area contributed by atoms with Gasteiger partial charge in [0.15, 0.2) is 9.84 Å². The zero-order valence-electron chi connectivity index (χ0n) is 11.8. The first-order valence-electron chi connectivity index (χ1n) is 6.41.